The Balaban J connectivity index is 3.11. The summed E-state index contributed by atoms with van der Waals surface area (Å²) in [6.45, 7) is 9.30. The van der Waals surface area contributed by atoms with Crippen molar-refractivity contribution >= 4 is 27.7 Å². The van der Waals surface area contributed by atoms with Crippen LogP contribution >= 0.6 is 27.7 Å². The van der Waals surface area contributed by atoms with E-state index in [4.69, 9.17) is 0 Å². The summed E-state index contributed by atoms with van der Waals surface area (Å²) in [5.41, 5.74) is 1.49. The van der Waals surface area contributed by atoms with E-state index in [1.807, 2.05) is 0 Å². The first-order valence-electron chi connectivity index (χ1n) is 7.00. The number of benzene rings is 1. The predicted molar refractivity (Wildman–Crippen MR) is 88.3 cm³/mol. The third-order valence-electron chi connectivity index (χ3n) is 3.83. The van der Waals surface area contributed by atoms with Crippen LogP contribution in [0.15, 0.2) is 28.7 Å². The Morgan fingerprint density at radius 2 is 1.78 bits per heavy atom. The van der Waals surface area contributed by atoms with E-state index >= 15 is 0 Å². The summed E-state index contributed by atoms with van der Waals surface area (Å²) < 4.78 is 1.45. The van der Waals surface area contributed by atoms with Gasteiger partial charge in [0.2, 0.25) is 0 Å². The highest BCUT2D eigenvalue weighted by Crippen LogP contribution is 2.47. The molecule has 2 atom stereocenters. The molecule has 0 amide bonds. The zero-order valence-electron chi connectivity index (χ0n) is 12.0. The minimum atomic E-state index is 0.283. The molecule has 102 valence electrons. The van der Waals surface area contributed by atoms with Crippen LogP contribution < -0.4 is 0 Å². The van der Waals surface area contributed by atoms with Crippen LogP contribution in [0.4, 0.5) is 0 Å². The quantitative estimate of drug-likeness (QED) is 0.570. The molecular weight excluding hydrogens is 304 g/mol. The molecule has 0 saturated carbocycles. The molecule has 2 unspecified atom stereocenters. The van der Waals surface area contributed by atoms with Crippen molar-refractivity contribution in [2.24, 2.45) is 5.92 Å². The zero-order chi connectivity index (χ0) is 13.6. The summed E-state index contributed by atoms with van der Waals surface area (Å²) in [4.78, 5) is 0. The van der Waals surface area contributed by atoms with Crippen LogP contribution in [0, 0.1) is 5.92 Å². The molecule has 0 radical (unpaired) electrons. The molecule has 1 aromatic rings. The van der Waals surface area contributed by atoms with Gasteiger partial charge >= 0.3 is 0 Å². The van der Waals surface area contributed by atoms with E-state index in [9.17, 15) is 0 Å². The Morgan fingerprint density at radius 1 is 1.17 bits per heavy atom. The summed E-state index contributed by atoms with van der Waals surface area (Å²) in [5.74, 6) is 1.95. The molecule has 1 aromatic carbocycles. The van der Waals surface area contributed by atoms with Gasteiger partial charge in [-0.1, -0.05) is 62.2 Å². The van der Waals surface area contributed by atoms with Gasteiger partial charge in [-0.3, -0.25) is 0 Å². The van der Waals surface area contributed by atoms with Crippen LogP contribution in [0.2, 0.25) is 0 Å². The molecule has 0 aliphatic rings. The average Bonchev–Trinajstić information content (AvgIpc) is 2.41. The van der Waals surface area contributed by atoms with Crippen LogP contribution in [0.1, 0.15) is 52.5 Å². The van der Waals surface area contributed by atoms with E-state index in [1.165, 1.54) is 35.1 Å². The summed E-state index contributed by atoms with van der Waals surface area (Å²) >= 11 is 5.68. The van der Waals surface area contributed by atoms with Gasteiger partial charge in [-0.05, 0) is 42.2 Å². The Kier molecular flexibility index (Phi) is 6.79. The van der Waals surface area contributed by atoms with Crippen LogP contribution in [0.3, 0.4) is 0 Å². The Labute approximate surface area is 125 Å². The van der Waals surface area contributed by atoms with Gasteiger partial charge in [0.25, 0.3) is 0 Å². The molecule has 0 bridgehead atoms. The highest BCUT2D eigenvalue weighted by Gasteiger charge is 2.35. The number of halogens is 1. The van der Waals surface area contributed by atoms with Crippen LogP contribution in [0.25, 0.3) is 0 Å². The van der Waals surface area contributed by atoms with Crippen molar-refractivity contribution in [1.29, 1.82) is 0 Å². The van der Waals surface area contributed by atoms with Crippen molar-refractivity contribution in [3.05, 3.63) is 34.3 Å². The minimum Gasteiger partial charge on any atom is -0.150 e. The third-order valence-corrected chi connectivity index (χ3v) is 6.41. The lowest BCUT2D eigenvalue weighted by atomic mass is 9.82. The lowest BCUT2D eigenvalue weighted by Crippen LogP contribution is -2.29. The summed E-state index contributed by atoms with van der Waals surface area (Å²) in [7, 11) is 0. The molecule has 0 heterocycles. The van der Waals surface area contributed by atoms with Gasteiger partial charge in [-0.15, -0.1) is 0 Å². The second kappa shape index (κ2) is 7.59. The fourth-order valence-corrected chi connectivity index (χ4v) is 4.30. The monoisotopic (exact) mass is 328 g/mol. The molecule has 0 fully saturated rings. The Morgan fingerprint density at radius 3 is 2.22 bits per heavy atom. The van der Waals surface area contributed by atoms with Gasteiger partial charge in [0.1, 0.15) is 0 Å². The number of hydrogen-bond acceptors (Lipinski definition) is 1. The summed E-state index contributed by atoms with van der Waals surface area (Å²) in [6.07, 6.45) is 3.69. The molecule has 0 aliphatic carbocycles. The minimum absolute atomic E-state index is 0.283. The molecule has 18 heavy (non-hydrogen) atoms. The summed E-state index contributed by atoms with van der Waals surface area (Å²) in [5, 5.41) is 0. The smallest absolute Gasteiger partial charge is 0.0431 e. The van der Waals surface area contributed by atoms with Gasteiger partial charge in [0.15, 0.2) is 0 Å². The first-order valence-corrected chi connectivity index (χ1v) is 8.78. The lowest BCUT2D eigenvalue weighted by Gasteiger charge is -2.38. The second-order valence-electron chi connectivity index (χ2n) is 4.91. The van der Waals surface area contributed by atoms with Gasteiger partial charge in [-0.25, -0.2) is 0 Å². The van der Waals surface area contributed by atoms with E-state index in [-0.39, 0.29) is 4.75 Å². The van der Waals surface area contributed by atoms with Crippen LogP contribution in [-0.4, -0.2) is 5.75 Å². The van der Waals surface area contributed by atoms with Crippen LogP contribution in [0.5, 0.6) is 0 Å². The molecule has 0 spiro atoms. The SMILES string of the molecule is CCCSC(CC)(c1ccc(Br)cc1)C(C)CC. The van der Waals surface area contributed by atoms with Gasteiger partial charge in [0, 0.05) is 9.22 Å². The maximum Gasteiger partial charge on any atom is 0.0431 e. The fourth-order valence-electron chi connectivity index (χ4n) is 2.51. The maximum absolute atomic E-state index is 3.53. The van der Waals surface area contributed by atoms with E-state index in [0.717, 1.165) is 0 Å². The van der Waals surface area contributed by atoms with Crippen LogP contribution in [-0.2, 0) is 4.75 Å². The first-order chi connectivity index (χ1) is 8.60. The van der Waals surface area contributed by atoms with Crippen molar-refractivity contribution in [3.8, 4) is 0 Å². The molecule has 0 nitrogen and oxygen atoms in total. The van der Waals surface area contributed by atoms with Gasteiger partial charge < -0.3 is 0 Å². The number of rotatable bonds is 7. The predicted octanol–water partition coefficient (Wildman–Crippen LogP) is 6.24. The summed E-state index contributed by atoms with van der Waals surface area (Å²) in [6, 6.07) is 8.94. The molecular formula is C16H25BrS. The normalized spacial score (nSPS) is 16.3. The molecule has 0 saturated heterocycles. The second-order valence-corrected chi connectivity index (χ2v) is 7.25. The van der Waals surface area contributed by atoms with E-state index in [0.29, 0.717) is 5.92 Å². The standard InChI is InChI=1S/C16H25BrS/c1-5-12-18-16(7-3,13(4)6-2)14-8-10-15(17)11-9-14/h8-11,13H,5-7,12H2,1-4H3. The molecule has 0 aliphatic heterocycles. The van der Waals surface area contributed by atoms with E-state index < -0.39 is 0 Å². The highest BCUT2D eigenvalue weighted by molar-refractivity contribution is 9.10. The van der Waals surface area contributed by atoms with Crippen molar-refractivity contribution in [1.82, 2.24) is 0 Å². The largest absolute Gasteiger partial charge is 0.150 e. The van der Waals surface area contributed by atoms with Crippen molar-refractivity contribution < 1.29 is 0 Å². The van der Waals surface area contributed by atoms with E-state index in [1.54, 1.807) is 0 Å². The van der Waals surface area contributed by atoms with Crippen molar-refractivity contribution in [2.45, 2.75) is 51.7 Å². The molecule has 1 rings (SSSR count). The van der Waals surface area contributed by atoms with Crippen molar-refractivity contribution in [2.75, 3.05) is 5.75 Å². The van der Waals surface area contributed by atoms with Crippen molar-refractivity contribution in [3.63, 3.8) is 0 Å². The number of thioether (sulfide) groups is 1. The van der Waals surface area contributed by atoms with E-state index in [2.05, 4.69) is 79.7 Å². The average molecular weight is 329 g/mol. The van der Waals surface area contributed by atoms with Gasteiger partial charge in [0.05, 0.1) is 0 Å². The highest BCUT2D eigenvalue weighted by atomic mass is 79.9. The fraction of sp³-hybridized carbons (Fsp3) is 0.625. The zero-order valence-corrected chi connectivity index (χ0v) is 14.4. The molecule has 2 heteroatoms. The number of hydrogen-bond donors (Lipinski definition) is 0. The Bertz CT molecular complexity index is 347. The van der Waals surface area contributed by atoms with Gasteiger partial charge in [-0.2, -0.15) is 11.8 Å². The molecule has 0 N–H and O–H groups in total. The first kappa shape index (κ1) is 16.1. The lowest BCUT2D eigenvalue weighted by molar-refractivity contribution is 0.392. The molecule has 0 aromatic heterocycles. The Hall–Kier alpha value is 0.0500. The third kappa shape index (κ3) is 3.54. The maximum atomic E-state index is 3.53. The topological polar surface area (TPSA) is 0 Å².